The van der Waals surface area contributed by atoms with Crippen molar-refractivity contribution in [2.45, 2.75) is 0 Å². The minimum atomic E-state index is -0.563. The molecule has 1 heterocycles. The second-order valence-corrected chi connectivity index (χ2v) is 4.70. The van der Waals surface area contributed by atoms with Crippen LogP contribution in [0.5, 0.6) is 0 Å². The number of hydrogen-bond donors (Lipinski definition) is 2. The number of H-pyrrole nitrogens is 1. The van der Waals surface area contributed by atoms with Crippen molar-refractivity contribution in [3.8, 4) is 0 Å². The summed E-state index contributed by atoms with van der Waals surface area (Å²) in [7, 11) is 0. The topological polar surface area (TPSA) is 44.9 Å². The van der Waals surface area contributed by atoms with E-state index in [4.69, 9.17) is 11.6 Å². The Balaban J connectivity index is 2.00. The van der Waals surface area contributed by atoms with Crippen molar-refractivity contribution in [2.75, 3.05) is 5.32 Å². The van der Waals surface area contributed by atoms with Gasteiger partial charge in [0.2, 0.25) is 0 Å². The van der Waals surface area contributed by atoms with E-state index in [9.17, 15) is 9.18 Å². The van der Waals surface area contributed by atoms with E-state index in [1.807, 2.05) is 6.07 Å². The summed E-state index contributed by atoms with van der Waals surface area (Å²) in [5.41, 5.74) is 1.30. The summed E-state index contributed by atoms with van der Waals surface area (Å²) in [6.07, 6.45) is 1.75. The summed E-state index contributed by atoms with van der Waals surface area (Å²) in [4.78, 5) is 15.3. The van der Waals surface area contributed by atoms with Crippen LogP contribution in [0.25, 0.3) is 10.9 Å². The van der Waals surface area contributed by atoms with Crippen LogP contribution in [-0.4, -0.2) is 10.9 Å². The van der Waals surface area contributed by atoms with Gasteiger partial charge in [-0.05, 0) is 30.3 Å². The number of aromatic amines is 1. The van der Waals surface area contributed by atoms with Crippen molar-refractivity contribution >= 4 is 34.1 Å². The number of rotatable bonds is 2. The van der Waals surface area contributed by atoms with Gasteiger partial charge >= 0.3 is 0 Å². The number of amides is 1. The Bertz CT molecular complexity index is 777. The molecule has 0 spiro atoms. The van der Waals surface area contributed by atoms with E-state index in [1.165, 1.54) is 18.2 Å². The first-order chi connectivity index (χ1) is 9.66. The van der Waals surface area contributed by atoms with Crippen LogP contribution in [0.3, 0.4) is 0 Å². The zero-order chi connectivity index (χ0) is 14.1. The number of halogens is 2. The quantitative estimate of drug-likeness (QED) is 0.729. The highest BCUT2D eigenvalue weighted by atomic mass is 35.5. The maximum atomic E-state index is 13.7. The molecule has 0 aliphatic heterocycles. The van der Waals surface area contributed by atoms with Gasteiger partial charge in [-0.15, -0.1) is 0 Å². The number of aromatic nitrogens is 1. The van der Waals surface area contributed by atoms with Gasteiger partial charge in [0, 0.05) is 22.7 Å². The monoisotopic (exact) mass is 288 g/mol. The second kappa shape index (κ2) is 4.98. The van der Waals surface area contributed by atoms with Gasteiger partial charge in [0.15, 0.2) is 0 Å². The van der Waals surface area contributed by atoms with Gasteiger partial charge in [0.1, 0.15) is 5.82 Å². The number of anilines is 1. The molecule has 2 N–H and O–H groups in total. The second-order valence-electron chi connectivity index (χ2n) is 4.30. The average molecular weight is 289 g/mol. The van der Waals surface area contributed by atoms with Crippen LogP contribution < -0.4 is 5.32 Å². The molecule has 0 saturated carbocycles. The summed E-state index contributed by atoms with van der Waals surface area (Å²) in [6.45, 7) is 0. The van der Waals surface area contributed by atoms with E-state index in [2.05, 4.69) is 10.3 Å². The minimum absolute atomic E-state index is 0.00768. The summed E-state index contributed by atoms with van der Waals surface area (Å²) >= 11 is 5.90. The lowest BCUT2D eigenvalue weighted by Gasteiger charge is -2.09. The first-order valence-corrected chi connectivity index (χ1v) is 6.36. The molecule has 3 aromatic rings. The Kier molecular flexibility index (Phi) is 3.16. The Morgan fingerprint density at radius 2 is 1.95 bits per heavy atom. The van der Waals surface area contributed by atoms with Crippen molar-refractivity contribution in [3.63, 3.8) is 0 Å². The first kappa shape index (κ1) is 12.7. The highest BCUT2D eigenvalue weighted by Gasteiger charge is 2.14. The standard InChI is InChI=1S/C15H10ClFN2O/c16-11-4-2-5-12(17)14(11)19-15(20)10-3-1-6-13-9(10)7-8-18-13/h1-8,18H,(H,19,20). The molecular formula is C15H10ClFN2O. The Morgan fingerprint density at radius 1 is 1.15 bits per heavy atom. The van der Waals surface area contributed by atoms with Gasteiger partial charge in [-0.2, -0.15) is 0 Å². The lowest BCUT2D eigenvalue weighted by molar-refractivity contribution is 0.102. The Morgan fingerprint density at radius 3 is 2.75 bits per heavy atom. The molecule has 3 rings (SSSR count). The van der Waals surface area contributed by atoms with Crippen molar-refractivity contribution in [1.82, 2.24) is 4.98 Å². The summed E-state index contributed by atoms with van der Waals surface area (Å²) < 4.78 is 13.7. The molecule has 1 amide bonds. The normalized spacial score (nSPS) is 10.7. The molecule has 0 aliphatic rings. The Labute approximate surface area is 119 Å². The largest absolute Gasteiger partial charge is 0.361 e. The van der Waals surface area contributed by atoms with Gasteiger partial charge in [-0.25, -0.2) is 4.39 Å². The molecule has 0 aliphatic carbocycles. The fraction of sp³-hybridized carbons (Fsp3) is 0. The number of carbonyl (C=O) groups is 1. The van der Waals surface area contributed by atoms with E-state index in [1.54, 1.807) is 24.4 Å². The number of fused-ring (bicyclic) bond motifs is 1. The molecule has 0 fully saturated rings. The van der Waals surface area contributed by atoms with E-state index < -0.39 is 11.7 Å². The zero-order valence-electron chi connectivity index (χ0n) is 10.3. The fourth-order valence-electron chi connectivity index (χ4n) is 2.08. The van der Waals surface area contributed by atoms with Crippen LogP contribution in [0.2, 0.25) is 5.02 Å². The number of hydrogen-bond acceptors (Lipinski definition) is 1. The Hall–Kier alpha value is -2.33. The predicted octanol–water partition coefficient (Wildman–Crippen LogP) is 4.21. The third-order valence-electron chi connectivity index (χ3n) is 3.04. The maximum Gasteiger partial charge on any atom is 0.256 e. The molecule has 1 aromatic heterocycles. The van der Waals surface area contributed by atoms with Crippen LogP contribution in [0.1, 0.15) is 10.4 Å². The third kappa shape index (κ3) is 2.14. The van der Waals surface area contributed by atoms with E-state index >= 15 is 0 Å². The smallest absolute Gasteiger partial charge is 0.256 e. The highest BCUT2D eigenvalue weighted by Crippen LogP contribution is 2.26. The van der Waals surface area contributed by atoms with Gasteiger partial charge < -0.3 is 10.3 Å². The highest BCUT2D eigenvalue weighted by molar-refractivity contribution is 6.34. The molecule has 2 aromatic carbocycles. The van der Waals surface area contributed by atoms with Gasteiger partial charge in [0.05, 0.1) is 10.7 Å². The summed E-state index contributed by atoms with van der Waals surface area (Å²) in [5.74, 6) is -0.964. The molecule has 100 valence electrons. The van der Waals surface area contributed by atoms with Crippen molar-refractivity contribution < 1.29 is 9.18 Å². The zero-order valence-corrected chi connectivity index (χ0v) is 11.0. The molecule has 5 heteroatoms. The predicted molar refractivity (Wildman–Crippen MR) is 77.7 cm³/mol. The molecule has 0 radical (unpaired) electrons. The van der Waals surface area contributed by atoms with Gasteiger partial charge in [0.25, 0.3) is 5.91 Å². The SMILES string of the molecule is O=C(Nc1c(F)cccc1Cl)c1cccc2[nH]ccc12. The molecule has 0 saturated heterocycles. The maximum absolute atomic E-state index is 13.7. The minimum Gasteiger partial charge on any atom is -0.361 e. The number of para-hydroxylation sites is 1. The third-order valence-corrected chi connectivity index (χ3v) is 3.36. The first-order valence-electron chi connectivity index (χ1n) is 5.98. The van der Waals surface area contributed by atoms with Crippen LogP contribution in [0, 0.1) is 5.82 Å². The lowest BCUT2D eigenvalue weighted by atomic mass is 10.1. The van der Waals surface area contributed by atoms with E-state index in [-0.39, 0.29) is 10.7 Å². The van der Waals surface area contributed by atoms with E-state index in [0.29, 0.717) is 5.56 Å². The molecule has 3 nitrogen and oxygen atoms in total. The summed E-state index contributed by atoms with van der Waals surface area (Å²) in [5, 5.41) is 3.46. The fourth-order valence-corrected chi connectivity index (χ4v) is 2.29. The summed E-state index contributed by atoms with van der Waals surface area (Å²) in [6, 6.07) is 11.4. The van der Waals surface area contributed by atoms with Crippen LogP contribution in [0.4, 0.5) is 10.1 Å². The average Bonchev–Trinajstić information content (AvgIpc) is 2.91. The lowest BCUT2D eigenvalue weighted by Crippen LogP contribution is -2.13. The molecule has 20 heavy (non-hydrogen) atoms. The van der Waals surface area contributed by atoms with Gasteiger partial charge in [-0.1, -0.05) is 23.7 Å². The molecule has 0 bridgehead atoms. The number of carbonyl (C=O) groups excluding carboxylic acids is 1. The van der Waals surface area contributed by atoms with Crippen molar-refractivity contribution in [3.05, 3.63) is 65.1 Å². The number of nitrogens with one attached hydrogen (secondary N) is 2. The molecule has 0 unspecified atom stereocenters. The molecule has 0 atom stereocenters. The molecular weight excluding hydrogens is 279 g/mol. The van der Waals surface area contributed by atoms with Crippen LogP contribution >= 0.6 is 11.6 Å². The van der Waals surface area contributed by atoms with Crippen molar-refractivity contribution in [2.24, 2.45) is 0 Å². The van der Waals surface area contributed by atoms with Crippen LogP contribution in [-0.2, 0) is 0 Å². The van der Waals surface area contributed by atoms with E-state index in [0.717, 1.165) is 10.9 Å². The van der Waals surface area contributed by atoms with Gasteiger partial charge in [-0.3, -0.25) is 4.79 Å². The van der Waals surface area contributed by atoms with Crippen LogP contribution in [0.15, 0.2) is 48.7 Å². The number of benzene rings is 2. The van der Waals surface area contributed by atoms with Crippen molar-refractivity contribution in [1.29, 1.82) is 0 Å².